The van der Waals surface area contributed by atoms with Crippen molar-refractivity contribution < 1.29 is 42.6 Å². The normalized spacial score (nSPS) is 12.0. The molecule has 1 atom stereocenters. The summed E-state index contributed by atoms with van der Waals surface area (Å²) in [5, 5.41) is 15.7. The Morgan fingerprint density at radius 1 is 1.30 bits per heavy atom. The largest absolute Gasteiger partial charge is 0.490 e. The van der Waals surface area contributed by atoms with E-state index in [1.807, 2.05) is 0 Å². The van der Waals surface area contributed by atoms with Gasteiger partial charge in [0.1, 0.15) is 6.04 Å². The summed E-state index contributed by atoms with van der Waals surface area (Å²) < 4.78 is 31.7. The lowest BCUT2D eigenvalue weighted by Gasteiger charge is -2.11. The molecule has 11 heteroatoms. The zero-order valence-corrected chi connectivity index (χ0v) is 10.4. The fourth-order valence-electron chi connectivity index (χ4n) is 0.703. The van der Waals surface area contributed by atoms with E-state index in [1.165, 1.54) is 0 Å². The van der Waals surface area contributed by atoms with Crippen LogP contribution in [0.25, 0.3) is 0 Å². The van der Waals surface area contributed by atoms with Gasteiger partial charge in [-0.15, -0.1) is 0 Å². The Balaban J connectivity index is 0. The minimum absolute atomic E-state index is 0.0248. The summed E-state index contributed by atoms with van der Waals surface area (Å²) in [7, 11) is 0. The average molecular weight is 304 g/mol. The molecule has 0 aromatic carbocycles. The predicted molar refractivity (Wildman–Crippen MR) is 58.3 cm³/mol. The van der Waals surface area contributed by atoms with E-state index in [-0.39, 0.29) is 12.8 Å². The molecule has 0 aliphatic rings. The van der Waals surface area contributed by atoms with Gasteiger partial charge in [0.15, 0.2) is 0 Å². The smallest absolute Gasteiger partial charge is 0.480 e. The molecule has 0 aliphatic heterocycles. The lowest BCUT2D eigenvalue weighted by molar-refractivity contribution is -0.192. The molecule has 0 bridgehead atoms. The zero-order chi connectivity index (χ0) is 16.3. The number of halogens is 3. The molecule has 0 fully saturated rings. The quantitative estimate of drug-likeness (QED) is 0.481. The maximum atomic E-state index is 10.6. The number of primary amides is 1. The summed E-state index contributed by atoms with van der Waals surface area (Å²) in [6, 6.07) is -0.882. The van der Waals surface area contributed by atoms with Crippen molar-refractivity contribution in [3.8, 4) is 0 Å². The zero-order valence-electron chi connectivity index (χ0n) is 10.4. The topological polar surface area (TPSA) is 139 Å². The highest BCUT2D eigenvalue weighted by molar-refractivity contribution is 5.77. The van der Waals surface area contributed by atoms with Crippen LogP contribution in [0.3, 0.4) is 0 Å². The maximum Gasteiger partial charge on any atom is 0.490 e. The van der Waals surface area contributed by atoms with Gasteiger partial charge in [0, 0.05) is 6.42 Å². The molecule has 8 nitrogen and oxygen atoms in total. The van der Waals surface area contributed by atoms with Crippen molar-refractivity contribution in [3.63, 3.8) is 0 Å². The van der Waals surface area contributed by atoms with Gasteiger partial charge in [0.05, 0.1) is 6.61 Å². The summed E-state index contributed by atoms with van der Waals surface area (Å²) in [5.41, 5.74) is 7.19. The minimum Gasteiger partial charge on any atom is -0.480 e. The molecular formula is C9H15F3N2O6. The number of nitrogens with one attached hydrogen (secondary N) is 1. The van der Waals surface area contributed by atoms with E-state index in [0.717, 1.165) is 0 Å². The molecule has 0 spiro atoms. The standard InChI is InChI=1S/C7H14N2O4.C2HF3O2/c1-2-13-9-5(7(11)12)3-4-6(8)10;3-2(4,5)1(6)7/h5,9H,2-4H2,1H3,(H2,8,10)(H,11,12);(H,6,7). The van der Waals surface area contributed by atoms with Gasteiger partial charge in [0.25, 0.3) is 0 Å². The van der Waals surface area contributed by atoms with Crippen molar-refractivity contribution in [2.45, 2.75) is 32.0 Å². The summed E-state index contributed by atoms with van der Waals surface area (Å²) in [4.78, 5) is 34.5. The van der Waals surface area contributed by atoms with Gasteiger partial charge in [-0.3, -0.25) is 9.59 Å². The lowest BCUT2D eigenvalue weighted by atomic mass is 10.1. The van der Waals surface area contributed by atoms with Crippen LogP contribution in [0.1, 0.15) is 19.8 Å². The average Bonchev–Trinajstić information content (AvgIpc) is 2.27. The number of carboxylic acid groups (broad SMARTS) is 2. The fourth-order valence-corrected chi connectivity index (χ4v) is 0.703. The molecule has 0 aromatic rings. The molecule has 118 valence electrons. The van der Waals surface area contributed by atoms with E-state index < -0.39 is 30.1 Å². The molecule has 0 rings (SSSR count). The second-order valence-electron chi connectivity index (χ2n) is 3.25. The van der Waals surface area contributed by atoms with Gasteiger partial charge in [-0.1, -0.05) is 0 Å². The number of nitrogens with two attached hydrogens (primary N) is 1. The van der Waals surface area contributed by atoms with E-state index in [1.54, 1.807) is 6.92 Å². The number of alkyl halides is 3. The molecule has 1 amide bonds. The van der Waals surface area contributed by atoms with Gasteiger partial charge in [0.2, 0.25) is 5.91 Å². The Morgan fingerprint density at radius 3 is 2.00 bits per heavy atom. The van der Waals surface area contributed by atoms with Crippen molar-refractivity contribution in [1.29, 1.82) is 0 Å². The Kier molecular flexibility index (Phi) is 10.2. The third kappa shape index (κ3) is 12.6. The summed E-state index contributed by atoms with van der Waals surface area (Å²) in [5.74, 6) is -4.34. The highest BCUT2D eigenvalue weighted by Gasteiger charge is 2.38. The van der Waals surface area contributed by atoms with Crippen LogP contribution in [0.2, 0.25) is 0 Å². The molecule has 0 saturated heterocycles. The van der Waals surface area contributed by atoms with Crippen LogP contribution in [0.5, 0.6) is 0 Å². The number of amides is 1. The first kappa shape index (κ1) is 20.4. The molecule has 0 radical (unpaired) electrons. The first-order valence-electron chi connectivity index (χ1n) is 5.20. The van der Waals surface area contributed by atoms with Gasteiger partial charge < -0.3 is 20.8 Å². The van der Waals surface area contributed by atoms with Crippen LogP contribution in [0.15, 0.2) is 0 Å². The molecule has 0 aliphatic carbocycles. The van der Waals surface area contributed by atoms with Gasteiger partial charge in [-0.05, 0) is 13.3 Å². The fraction of sp³-hybridized carbons (Fsp3) is 0.667. The first-order chi connectivity index (χ1) is 9.02. The van der Waals surface area contributed by atoms with Crippen LogP contribution in [-0.4, -0.2) is 46.9 Å². The summed E-state index contributed by atoms with van der Waals surface area (Å²) >= 11 is 0. The lowest BCUT2D eigenvalue weighted by Crippen LogP contribution is -2.37. The van der Waals surface area contributed by atoms with Crippen LogP contribution >= 0.6 is 0 Å². The van der Waals surface area contributed by atoms with Crippen LogP contribution in [0.4, 0.5) is 13.2 Å². The number of carbonyl (C=O) groups excluding carboxylic acids is 1. The van der Waals surface area contributed by atoms with Crippen molar-refractivity contribution in [3.05, 3.63) is 0 Å². The second-order valence-corrected chi connectivity index (χ2v) is 3.25. The van der Waals surface area contributed by atoms with Crippen molar-refractivity contribution in [2.24, 2.45) is 5.73 Å². The van der Waals surface area contributed by atoms with E-state index in [2.05, 4.69) is 5.48 Å². The molecule has 0 heterocycles. The molecule has 5 N–H and O–H groups in total. The number of hydroxylamine groups is 1. The van der Waals surface area contributed by atoms with Gasteiger partial charge in [-0.25, -0.2) is 4.79 Å². The van der Waals surface area contributed by atoms with Gasteiger partial charge in [-0.2, -0.15) is 18.7 Å². The van der Waals surface area contributed by atoms with Crippen molar-refractivity contribution in [2.75, 3.05) is 6.61 Å². The van der Waals surface area contributed by atoms with E-state index in [0.29, 0.717) is 6.61 Å². The number of carbonyl (C=O) groups is 3. The Morgan fingerprint density at radius 2 is 1.75 bits per heavy atom. The van der Waals surface area contributed by atoms with E-state index in [4.69, 9.17) is 25.6 Å². The summed E-state index contributed by atoms with van der Waals surface area (Å²) in [6.45, 7) is 2.08. The van der Waals surface area contributed by atoms with Crippen LogP contribution in [0, 0.1) is 0 Å². The van der Waals surface area contributed by atoms with Gasteiger partial charge >= 0.3 is 18.1 Å². The molecule has 0 saturated carbocycles. The van der Waals surface area contributed by atoms with E-state index in [9.17, 15) is 22.8 Å². The monoisotopic (exact) mass is 304 g/mol. The molecule has 1 unspecified atom stereocenters. The number of hydrogen-bond donors (Lipinski definition) is 4. The molecular weight excluding hydrogens is 289 g/mol. The van der Waals surface area contributed by atoms with Crippen molar-refractivity contribution in [1.82, 2.24) is 5.48 Å². The van der Waals surface area contributed by atoms with E-state index >= 15 is 0 Å². The second kappa shape index (κ2) is 9.97. The summed E-state index contributed by atoms with van der Waals surface area (Å²) in [6.07, 6.45) is -4.93. The number of hydrogen-bond acceptors (Lipinski definition) is 5. The third-order valence-corrected chi connectivity index (χ3v) is 1.59. The number of rotatable bonds is 7. The first-order valence-corrected chi connectivity index (χ1v) is 5.20. The Labute approximate surface area is 111 Å². The SMILES string of the molecule is CCONC(CCC(N)=O)C(=O)O.O=C(O)C(F)(F)F. The number of carboxylic acids is 2. The third-order valence-electron chi connectivity index (χ3n) is 1.59. The Bertz CT molecular complexity index is 334. The highest BCUT2D eigenvalue weighted by Crippen LogP contribution is 2.13. The maximum absolute atomic E-state index is 10.6. The minimum atomic E-state index is -5.08. The molecule has 0 aromatic heterocycles. The Hall–Kier alpha value is -1.88. The predicted octanol–water partition coefficient (Wildman–Crippen LogP) is -0.120. The van der Waals surface area contributed by atoms with Crippen LogP contribution < -0.4 is 11.2 Å². The highest BCUT2D eigenvalue weighted by atomic mass is 19.4. The van der Waals surface area contributed by atoms with Crippen LogP contribution in [-0.2, 0) is 19.2 Å². The van der Waals surface area contributed by atoms with Crippen molar-refractivity contribution >= 4 is 17.8 Å². The molecule has 20 heavy (non-hydrogen) atoms. The number of aliphatic carboxylic acids is 2.